The third kappa shape index (κ3) is 6.66. The first kappa shape index (κ1) is 18.4. The molecule has 0 spiro atoms. The molecule has 24 heavy (non-hydrogen) atoms. The Hall–Kier alpha value is -1.96. The minimum absolute atomic E-state index is 1.15. The number of benzene rings is 2. The first-order valence-electron chi connectivity index (χ1n) is 9.30. The van der Waals surface area contributed by atoms with Crippen LogP contribution in [0, 0.1) is 0 Å². The largest absolute Gasteiger partial charge is 0.375 e. The van der Waals surface area contributed by atoms with Gasteiger partial charge in [-0.15, -0.1) is 0 Å². The Morgan fingerprint density at radius 2 is 0.833 bits per heavy atom. The van der Waals surface area contributed by atoms with E-state index in [9.17, 15) is 0 Å². The number of unbranched alkanes of at least 4 members (excludes halogenated alkanes) is 5. The van der Waals surface area contributed by atoms with Gasteiger partial charge in [0.25, 0.3) is 0 Å². The Labute approximate surface area is 148 Å². The van der Waals surface area contributed by atoms with Crippen molar-refractivity contribution in [2.75, 3.05) is 37.0 Å². The van der Waals surface area contributed by atoms with E-state index in [4.69, 9.17) is 0 Å². The van der Waals surface area contributed by atoms with E-state index in [1.54, 1.807) is 0 Å². The van der Waals surface area contributed by atoms with Crippen LogP contribution in [-0.2, 0) is 0 Å². The van der Waals surface area contributed by atoms with Crippen molar-refractivity contribution < 1.29 is 0 Å². The van der Waals surface area contributed by atoms with Gasteiger partial charge in [-0.05, 0) is 37.1 Å². The lowest BCUT2D eigenvalue weighted by molar-refractivity contribution is 0.592. The van der Waals surface area contributed by atoms with Crippen LogP contribution in [0.25, 0.3) is 0 Å². The van der Waals surface area contributed by atoms with Gasteiger partial charge in [0, 0.05) is 38.6 Å². The Kier molecular flexibility index (Phi) is 8.23. The summed E-state index contributed by atoms with van der Waals surface area (Å²) in [7, 11) is 4.38. The smallest absolute Gasteiger partial charge is 0.0363 e. The number of hydrogen-bond acceptors (Lipinski definition) is 2. The zero-order chi connectivity index (χ0) is 17.0. The van der Waals surface area contributed by atoms with Crippen molar-refractivity contribution in [1.82, 2.24) is 0 Å². The SMILES string of the molecule is CN(CCCCCCCCN(C)c1ccccc1)c1ccccc1. The van der Waals surface area contributed by atoms with Gasteiger partial charge >= 0.3 is 0 Å². The molecule has 0 radical (unpaired) electrons. The van der Waals surface area contributed by atoms with Gasteiger partial charge < -0.3 is 9.80 Å². The van der Waals surface area contributed by atoms with Gasteiger partial charge in [0.15, 0.2) is 0 Å². The van der Waals surface area contributed by atoms with Gasteiger partial charge in [0.1, 0.15) is 0 Å². The highest BCUT2D eigenvalue weighted by Gasteiger charge is 2.01. The molecule has 130 valence electrons. The lowest BCUT2D eigenvalue weighted by atomic mass is 10.1. The summed E-state index contributed by atoms with van der Waals surface area (Å²) in [5.74, 6) is 0. The van der Waals surface area contributed by atoms with E-state index in [2.05, 4.69) is 84.6 Å². The standard InChI is InChI=1S/C22H32N2/c1-23(21-15-9-7-10-16-21)19-13-5-3-4-6-14-20-24(2)22-17-11-8-12-18-22/h7-12,15-18H,3-6,13-14,19-20H2,1-2H3. The second-order valence-electron chi connectivity index (χ2n) is 6.64. The molecule has 2 aromatic rings. The fourth-order valence-corrected chi connectivity index (χ4v) is 3.03. The summed E-state index contributed by atoms with van der Waals surface area (Å²) in [5, 5.41) is 0. The van der Waals surface area contributed by atoms with E-state index in [0.717, 1.165) is 13.1 Å². The topological polar surface area (TPSA) is 6.48 Å². The molecule has 0 saturated carbocycles. The minimum atomic E-state index is 1.15. The Morgan fingerprint density at radius 3 is 1.21 bits per heavy atom. The van der Waals surface area contributed by atoms with E-state index >= 15 is 0 Å². The molecule has 0 unspecified atom stereocenters. The first-order chi connectivity index (χ1) is 11.8. The number of anilines is 2. The molecule has 0 aromatic heterocycles. The summed E-state index contributed by atoms with van der Waals surface area (Å²) in [6.45, 7) is 2.31. The molecular weight excluding hydrogens is 292 g/mol. The Morgan fingerprint density at radius 1 is 0.500 bits per heavy atom. The average Bonchev–Trinajstić information content (AvgIpc) is 2.65. The molecule has 2 nitrogen and oxygen atoms in total. The fourth-order valence-electron chi connectivity index (χ4n) is 3.03. The van der Waals surface area contributed by atoms with Crippen LogP contribution >= 0.6 is 0 Å². The van der Waals surface area contributed by atoms with Crippen LogP contribution in [0.1, 0.15) is 38.5 Å². The highest BCUT2D eigenvalue weighted by atomic mass is 15.1. The summed E-state index contributed by atoms with van der Waals surface area (Å²) in [6.07, 6.45) is 7.97. The molecule has 0 fully saturated rings. The van der Waals surface area contributed by atoms with Gasteiger partial charge in [-0.3, -0.25) is 0 Å². The van der Waals surface area contributed by atoms with Crippen LogP contribution in [0.4, 0.5) is 11.4 Å². The molecule has 2 heteroatoms. The molecule has 2 aromatic carbocycles. The zero-order valence-corrected chi connectivity index (χ0v) is 15.3. The highest BCUT2D eigenvalue weighted by Crippen LogP contribution is 2.14. The van der Waals surface area contributed by atoms with E-state index in [1.165, 1.54) is 49.9 Å². The van der Waals surface area contributed by atoms with Crippen LogP contribution in [0.3, 0.4) is 0 Å². The summed E-state index contributed by atoms with van der Waals surface area (Å²) in [4.78, 5) is 4.71. The van der Waals surface area contributed by atoms with E-state index < -0.39 is 0 Å². The molecule has 2 rings (SSSR count). The second-order valence-corrected chi connectivity index (χ2v) is 6.64. The normalized spacial score (nSPS) is 10.6. The predicted molar refractivity (Wildman–Crippen MR) is 107 cm³/mol. The second kappa shape index (κ2) is 10.7. The van der Waals surface area contributed by atoms with Crippen molar-refractivity contribution in [3.05, 3.63) is 60.7 Å². The molecule has 0 atom stereocenters. The molecule has 0 aliphatic carbocycles. The number of rotatable bonds is 11. The Balaban J connectivity index is 1.47. The van der Waals surface area contributed by atoms with Crippen LogP contribution in [0.15, 0.2) is 60.7 Å². The van der Waals surface area contributed by atoms with Crippen molar-refractivity contribution in [2.45, 2.75) is 38.5 Å². The molecule has 0 amide bonds. The van der Waals surface area contributed by atoms with Crippen LogP contribution in [-0.4, -0.2) is 27.2 Å². The molecule has 0 aliphatic rings. The van der Waals surface area contributed by atoms with Crippen molar-refractivity contribution in [3.63, 3.8) is 0 Å². The maximum Gasteiger partial charge on any atom is 0.0363 e. The third-order valence-electron chi connectivity index (χ3n) is 4.63. The molecule has 0 heterocycles. The van der Waals surface area contributed by atoms with Crippen molar-refractivity contribution in [1.29, 1.82) is 0 Å². The van der Waals surface area contributed by atoms with Crippen molar-refractivity contribution >= 4 is 11.4 Å². The lowest BCUT2D eigenvalue weighted by Crippen LogP contribution is -2.18. The van der Waals surface area contributed by atoms with Crippen LogP contribution < -0.4 is 9.80 Å². The zero-order valence-electron chi connectivity index (χ0n) is 15.3. The van der Waals surface area contributed by atoms with Gasteiger partial charge in [0.05, 0.1) is 0 Å². The average molecular weight is 325 g/mol. The predicted octanol–water partition coefficient (Wildman–Crippen LogP) is 5.60. The van der Waals surface area contributed by atoms with E-state index in [-0.39, 0.29) is 0 Å². The number of hydrogen-bond donors (Lipinski definition) is 0. The number of nitrogens with zero attached hydrogens (tertiary/aromatic N) is 2. The monoisotopic (exact) mass is 324 g/mol. The summed E-state index contributed by atoms with van der Waals surface area (Å²) in [6, 6.07) is 21.3. The summed E-state index contributed by atoms with van der Waals surface area (Å²) >= 11 is 0. The fraction of sp³-hybridized carbons (Fsp3) is 0.455. The van der Waals surface area contributed by atoms with Crippen molar-refractivity contribution in [2.24, 2.45) is 0 Å². The number of para-hydroxylation sites is 2. The first-order valence-corrected chi connectivity index (χ1v) is 9.30. The van der Waals surface area contributed by atoms with Gasteiger partial charge in [-0.25, -0.2) is 0 Å². The Bertz CT molecular complexity index is 487. The van der Waals surface area contributed by atoms with E-state index in [0.29, 0.717) is 0 Å². The summed E-state index contributed by atoms with van der Waals surface area (Å²) in [5.41, 5.74) is 2.64. The van der Waals surface area contributed by atoms with Crippen LogP contribution in [0.5, 0.6) is 0 Å². The van der Waals surface area contributed by atoms with Gasteiger partial charge in [0.2, 0.25) is 0 Å². The van der Waals surface area contributed by atoms with Gasteiger partial charge in [-0.1, -0.05) is 62.1 Å². The molecular formula is C22H32N2. The maximum absolute atomic E-state index is 2.36. The van der Waals surface area contributed by atoms with Crippen LogP contribution in [0.2, 0.25) is 0 Å². The van der Waals surface area contributed by atoms with E-state index in [1.807, 2.05) is 0 Å². The third-order valence-corrected chi connectivity index (χ3v) is 4.63. The maximum atomic E-state index is 2.36. The highest BCUT2D eigenvalue weighted by molar-refractivity contribution is 5.45. The summed E-state index contributed by atoms with van der Waals surface area (Å²) < 4.78 is 0. The van der Waals surface area contributed by atoms with Crippen molar-refractivity contribution in [3.8, 4) is 0 Å². The minimum Gasteiger partial charge on any atom is -0.375 e. The quantitative estimate of drug-likeness (QED) is 0.496. The molecule has 0 bridgehead atoms. The lowest BCUT2D eigenvalue weighted by Gasteiger charge is -2.19. The van der Waals surface area contributed by atoms with Gasteiger partial charge in [-0.2, -0.15) is 0 Å². The molecule has 0 saturated heterocycles. The molecule has 0 aliphatic heterocycles. The molecule has 0 N–H and O–H groups in total.